The van der Waals surface area contributed by atoms with Gasteiger partial charge in [-0.2, -0.15) is 0 Å². The van der Waals surface area contributed by atoms with Gasteiger partial charge in [0.15, 0.2) is 10.8 Å². The van der Waals surface area contributed by atoms with Crippen molar-refractivity contribution in [2.24, 2.45) is 4.99 Å². The van der Waals surface area contributed by atoms with Crippen LogP contribution in [0.3, 0.4) is 0 Å². The SMILES string of the molecule is CCOC(=O)C1=C(CN2CCO[C@H](CCC(=O)O)C2)NC(c2nccs2)=N[C@@H]1c1ccc(Cl)cc1Cl. The van der Waals surface area contributed by atoms with Crippen molar-refractivity contribution in [3.8, 4) is 0 Å². The maximum atomic E-state index is 13.3. The highest BCUT2D eigenvalue weighted by atomic mass is 35.5. The smallest absolute Gasteiger partial charge is 0.338 e. The van der Waals surface area contributed by atoms with Crippen LogP contribution in [-0.2, 0) is 19.1 Å². The van der Waals surface area contributed by atoms with Gasteiger partial charge in [0.25, 0.3) is 0 Å². The third kappa shape index (κ3) is 6.43. The van der Waals surface area contributed by atoms with Crippen LogP contribution in [0.1, 0.15) is 36.4 Å². The maximum Gasteiger partial charge on any atom is 0.338 e. The van der Waals surface area contributed by atoms with Crippen molar-refractivity contribution < 1.29 is 24.2 Å². The second-order valence-electron chi connectivity index (χ2n) is 8.28. The van der Waals surface area contributed by atoms with E-state index in [1.807, 2.05) is 5.38 Å². The van der Waals surface area contributed by atoms with Gasteiger partial charge in [0, 0.05) is 58.9 Å². The number of benzene rings is 1. The highest BCUT2D eigenvalue weighted by Crippen LogP contribution is 2.37. The van der Waals surface area contributed by atoms with E-state index in [2.05, 4.69) is 15.2 Å². The molecular weight excluding hydrogens is 527 g/mol. The number of ether oxygens (including phenoxy) is 2. The van der Waals surface area contributed by atoms with Gasteiger partial charge in [-0.05, 0) is 25.5 Å². The highest BCUT2D eigenvalue weighted by Gasteiger charge is 2.35. The maximum absolute atomic E-state index is 13.3. The van der Waals surface area contributed by atoms with Crippen molar-refractivity contribution in [2.75, 3.05) is 32.8 Å². The summed E-state index contributed by atoms with van der Waals surface area (Å²) in [6.45, 7) is 3.96. The van der Waals surface area contributed by atoms with Gasteiger partial charge in [0.2, 0.25) is 0 Å². The fraction of sp³-hybridized carbons (Fsp3) is 0.417. The summed E-state index contributed by atoms with van der Waals surface area (Å²) < 4.78 is 11.2. The van der Waals surface area contributed by atoms with Gasteiger partial charge in [-0.15, -0.1) is 11.3 Å². The second kappa shape index (κ2) is 12.2. The van der Waals surface area contributed by atoms with Crippen LogP contribution >= 0.6 is 34.5 Å². The van der Waals surface area contributed by atoms with Gasteiger partial charge in [0.1, 0.15) is 6.04 Å². The number of esters is 1. The number of carbonyl (C=O) groups is 2. The molecule has 0 saturated carbocycles. The first kappa shape index (κ1) is 26.6. The standard InChI is InChI=1S/C24H26Cl2N4O5S/c1-2-34-24(33)20-18(13-30-8-9-35-15(12-30)4-6-19(31)32)28-22(23-27-7-10-36-23)29-21(20)16-5-3-14(25)11-17(16)26/h3,5,7,10-11,15,21H,2,4,6,8-9,12-13H2,1H3,(H,28,29)(H,31,32)/t15-,21-/m1/s1. The minimum Gasteiger partial charge on any atom is -0.481 e. The van der Waals surface area contributed by atoms with Gasteiger partial charge in [0.05, 0.1) is 24.9 Å². The van der Waals surface area contributed by atoms with Crippen LogP contribution in [0.4, 0.5) is 0 Å². The molecule has 192 valence electrons. The topological polar surface area (TPSA) is 113 Å². The molecule has 12 heteroatoms. The van der Waals surface area contributed by atoms with Crippen LogP contribution in [-0.4, -0.2) is 71.7 Å². The molecule has 2 atom stereocenters. The molecule has 1 fully saturated rings. The van der Waals surface area contributed by atoms with E-state index in [0.29, 0.717) is 70.4 Å². The number of thiazole rings is 1. The molecule has 1 aromatic carbocycles. The zero-order valence-electron chi connectivity index (χ0n) is 19.6. The Hall–Kier alpha value is -2.50. The van der Waals surface area contributed by atoms with Gasteiger partial charge >= 0.3 is 11.9 Å². The number of hydrogen-bond acceptors (Lipinski definition) is 9. The summed E-state index contributed by atoms with van der Waals surface area (Å²) in [5.74, 6) is -0.822. The first-order valence-corrected chi connectivity index (χ1v) is 13.1. The Balaban J connectivity index is 1.71. The molecule has 36 heavy (non-hydrogen) atoms. The number of nitrogens with one attached hydrogen (secondary N) is 1. The highest BCUT2D eigenvalue weighted by molar-refractivity contribution is 7.11. The summed E-state index contributed by atoms with van der Waals surface area (Å²) in [5, 5.41) is 15.7. The molecule has 2 aromatic rings. The van der Waals surface area contributed by atoms with Crippen LogP contribution in [0.25, 0.3) is 0 Å². The molecule has 0 unspecified atom stereocenters. The molecule has 1 saturated heterocycles. The number of rotatable bonds is 9. The summed E-state index contributed by atoms with van der Waals surface area (Å²) in [7, 11) is 0. The zero-order valence-corrected chi connectivity index (χ0v) is 21.9. The number of aliphatic imine (C=N–C) groups is 1. The predicted molar refractivity (Wildman–Crippen MR) is 138 cm³/mol. The zero-order chi connectivity index (χ0) is 25.7. The molecule has 0 radical (unpaired) electrons. The fourth-order valence-electron chi connectivity index (χ4n) is 4.17. The summed E-state index contributed by atoms with van der Waals surface area (Å²) in [4.78, 5) is 35.6. The van der Waals surface area contributed by atoms with Gasteiger partial charge < -0.3 is 19.9 Å². The Bertz CT molecular complexity index is 1170. The number of carboxylic acid groups (broad SMARTS) is 1. The third-order valence-electron chi connectivity index (χ3n) is 5.80. The minimum atomic E-state index is -0.857. The van der Waals surface area contributed by atoms with E-state index in [0.717, 1.165) is 0 Å². The summed E-state index contributed by atoms with van der Waals surface area (Å²) in [6, 6.07) is 4.36. The largest absolute Gasteiger partial charge is 0.481 e. The Labute approximate surface area is 222 Å². The Morgan fingerprint density at radius 3 is 2.89 bits per heavy atom. The lowest BCUT2D eigenvalue weighted by atomic mass is 9.95. The Kier molecular flexibility index (Phi) is 8.97. The van der Waals surface area contributed by atoms with E-state index in [1.165, 1.54) is 11.3 Å². The van der Waals surface area contributed by atoms with Crippen molar-refractivity contribution in [3.63, 3.8) is 0 Å². The van der Waals surface area contributed by atoms with Crippen molar-refractivity contribution in [1.82, 2.24) is 15.2 Å². The van der Waals surface area contributed by atoms with E-state index < -0.39 is 18.0 Å². The fourth-order valence-corrected chi connectivity index (χ4v) is 5.27. The van der Waals surface area contributed by atoms with Crippen molar-refractivity contribution >= 4 is 52.3 Å². The molecule has 2 aliphatic heterocycles. The summed E-state index contributed by atoms with van der Waals surface area (Å²) in [5.41, 5.74) is 1.61. The molecule has 3 heterocycles. The second-order valence-corrected chi connectivity index (χ2v) is 10.0. The van der Waals surface area contributed by atoms with Crippen molar-refractivity contribution in [1.29, 1.82) is 0 Å². The molecule has 0 bridgehead atoms. The van der Waals surface area contributed by atoms with E-state index in [9.17, 15) is 9.59 Å². The lowest BCUT2D eigenvalue weighted by molar-refractivity contribution is -0.139. The van der Waals surface area contributed by atoms with Gasteiger partial charge in [-0.3, -0.25) is 14.7 Å². The molecule has 1 aromatic heterocycles. The van der Waals surface area contributed by atoms with Crippen LogP contribution in [0, 0.1) is 0 Å². The first-order valence-electron chi connectivity index (χ1n) is 11.5. The monoisotopic (exact) mass is 552 g/mol. The number of carboxylic acids is 1. The van der Waals surface area contributed by atoms with Crippen molar-refractivity contribution in [2.45, 2.75) is 31.9 Å². The quantitative estimate of drug-likeness (QED) is 0.450. The van der Waals surface area contributed by atoms with Crippen LogP contribution in [0.5, 0.6) is 0 Å². The predicted octanol–water partition coefficient (Wildman–Crippen LogP) is 3.92. The molecule has 2 aliphatic rings. The Morgan fingerprint density at radius 2 is 2.19 bits per heavy atom. The number of halogens is 2. The van der Waals surface area contributed by atoms with Crippen molar-refractivity contribution in [3.05, 3.63) is 61.7 Å². The molecular formula is C24H26Cl2N4O5S. The average Bonchev–Trinajstić information content (AvgIpc) is 3.38. The number of nitrogens with zero attached hydrogens (tertiary/aromatic N) is 3. The van der Waals surface area contributed by atoms with Gasteiger partial charge in [-0.25, -0.2) is 9.78 Å². The number of hydrogen-bond donors (Lipinski definition) is 2. The normalized spacial score (nSPS) is 20.6. The minimum absolute atomic E-state index is 0.0333. The Morgan fingerprint density at radius 1 is 1.36 bits per heavy atom. The number of aromatic nitrogens is 1. The molecule has 4 rings (SSSR count). The average molecular weight is 553 g/mol. The number of morpholine rings is 1. The molecule has 9 nitrogen and oxygen atoms in total. The number of aliphatic carboxylic acids is 1. The van der Waals surface area contributed by atoms with E-state index in [4.69, 9.17) is 42.8 Å². The summed E-state index contributed by atoms with van der Waals surface area (Å²) in [6.07, 6.45) is 1.93. The lowest BCUT2D eigenvalue weighted by Crippen LogP contribution is -2.46. The lowest BCUT2D eigenvalue weighted by Gasteiger charge is -2.35. The first-order chi connectivity index (χ1) is 17.4. The van der Waals surface area contributed by atoms with E-state index >= 15 is 0 Å². The van der Waals surface area contributed by atoms with Crippen LogP contribution in [0.2, 0.25) is 10.0 Å². The summed E-state index contributed by atoms with van der Waals surface area (Å²) >= 11 is 14.1. The molecule has 0 aliphatic carbocycles. The molecule has 0 spiro atoms. The number of amidine groups is 1. The van der Waals surface area contributed by atoms with E-state index in [-0.39, 0.29) is 19.1 Å². The molecule has 2 N–H and O–H groups in total. The third-order valence-corrected chi connectivity index (χ3v) is 7.14. The van der Waals surface area contributed by atoms with Crippen LogP contribution in [0.15, 0.2) is 46.0 Å². The van der Waals surface area contributed by atoms with E-state index in [1.54, 1.807) is 31.3 Å². The van der Waals surface area contributed by atoms with Crippen LogP contribution < -0.4 is 5.32 Å². The number of carbonyl (C=O) groups excluding carboxylic acids is 1. The molecule has 0 amide bonds. The van der Waals surface area contributed by atoms with Gasteiger partial charge in [-0.1, -0.05) is 29.3 Å².